The van der Waals surface area contributed by atoms with Crippen molar-refractivity contribution in [3.63, 3.8) is 0 Å². The quantitative estimate of drug-likeness (QED) is 0.537. The second kappa shape index (κ2) is 7.05. The number of nitrogens with zero attached hydrogens (tertiary/aromatic N) is 6. The van der Waals surface area contributed by atoms with Crippen LogP contribution in [0.5, 0.6) is 5.75 Å². The summed E-state index contributed by atoms with van der Waals surface area (Å²) in [4.78, 5) is 15.2. The molecule has 0 spiro atoms. The third-order valence-electron chi connectivity index (χ3n) is 5.28. The van der Waals surface area contributed by atoms with E-state index in [1.54, 1.807) is 18.0 Å². The number of aromatic nitrogens is 5. The number of ether oxygens (including phenoxy) is 1. The first-order valence-corrected chi connectivity index (χ1v) is 9.56. The monoisotopic (exact) mass is 388 g/mol. The molecular formula is C21H20N6O2. The Bertz CT molecular complexity index is 1170. The maximum atomic E-state index is 13.4. The van der Waals surface area contributed by atoms with E-state index >= 15 is 0 Å². The number of carbonyl (C=O) groups is 1. The number of carbonyl (C=O) groups excluding carboxylic acids is 1. The zero-order chi connectivity index (χ0) is 19.8. The highest BCUT2D eigenvalue weighted by Gasteiger charge is 2.36. The van der Waals surface area contributed by atoms with Gasteiger partial charge in [-0.15, -0.1) is 10.2 Å². The predicted octanol–water partition coefficient (Wildman–Crippen LogP) is 2.90. The van der Waals surface area contributed by atoms with Crippen molar-refractivity contribution in [3.8, 4) is 11.4 Å². The van der Waals surface area contributed by atoms with Crippen molar-refractivity contribution in [3.05, 3.63) is 72.4 Å². The average Bonchev–Trinajstić information content (AvgIpc) is 3.51. The summed E-state index contributed by atoms with van der Waals surface area (Å²) in [5.41, 5.74) is 1.94. The number of para-hydroxylation sites is 1. The minimum Gasteiger partial charge on any atom is -0.493 e. The van der Waals surface area contributed by atoms with Gasteiger partial charge in [0.05, 0.1) is 25.0 Å². The fourth-order valence-corrected chi connectivity index (χ4v) is 3.87. The van der Waals surface area contributed by atoms with Crippen LogP contribution < -0.4 is 4.74 Å². The molecule has 5 rings (SSSR count). The highest BCUT2D eigenvalue weighted by molar-refractivity contribution is 5.95. The zero-order valence-electron chi connectivity index (χ0n) is 16.0. The average molecular weight is 388 g/mol. The second-order valence-electron chi connectivity index (χ2n) is 6.97. The van der Waals surface area contributed by atoms with Crippen molar-refractivity contribution in [2.24, 2.45) is 0 Å². The molecule has 0 bridgehead atoms. The molecule has 1 amide bonds. The number of likely N-dealkylation sites (tertiary alicyclic amines) is 1. The number of pyridine rings is 1. The highest BCUT2D eigenvalue weighted by Crippen LogP contribution is 2.33. The first-order chi connectivity index (χ1) is 14.3. The van der Waals surface area contributed by atoms with Gasteiger partial charge < -0.3 is 9.64 Å². The molecule has 0 saturated carbocycles. The molecule has 0 unspecified atom stereocenters. The number of rotatable bonds is 4. The third-order valence-corrected chi connectivity index (χ3v) is 5.28. The van der Waals surface area contributed by atoms with Crippen LogP contribution in [0, 0.1) is 0 Å². The lowest BCUT2D eigenvalue weighted by atomic mass is 10.2. The molecule has 3 aromatic heterocycles. The summed E-state index contributed by atoms with van der Waals surface area (Å²) >= 11 is 0. The van der Waals surface area contributed by atoms with Crippen LogP contribution in [0.25, 0.3) is 11.3 Å². The van der Waals surface area contributed by atoms with Gasteiger partial charge in [0.25, 0.3) is 5.91 Å². The fourth-order valence-electron chi connectivity index (χ4n) is 3.87. The Labute approximate surface area is 167 Å². The largest absolute Gasteiger partial charge is 0.493 e. The van der Waals surface area contributed by atoms with Crippen LogP contribution in [-0.2, 0) is 0 Å². The van der Waals surface area contributed by atoms with E-state index in [0.717, 1.165) is 30.0 Å². The van der Waals surface area contributed by atoms with E-state index in [-0.39, 0.29) is 11.9 Å². The van der Waals surface area contributed by atoms with Crippen LogP contribution in [-0.4, -0.2) is 48.8 Å². The molecule has 0 radical (unpaired) electrons. The molecule has 4 heterocycles. The summed E-state index contributed by atoms with van der Waals surface area (Å²) in [5.74, 6) is 1.07. The molecule has 8 nitrogen and oxygen atoms in total. The highest BCUT2D eigenvalue weighted by atomic mass is 16.5. The summed E-state index contributed by atoms with van der Waals surface area (Å²) < 4.78 is 9.07. The molecule has 1 aliphatic rings. The van der Waals surface area contributed by atoms with Gasteiger partial charge in [0.2, 0.25) is 0 Å². The maximum Gasteiger partial charge on any atom is 0.278 e. The van der Waals surface area contributed by atoms with Crippen LogP contribution in [0.1, 0.15) is 35.2 Å². The van der Waals surface area contributed by atoms with Gasteiger partial charge in [-0.05, 0) is 37.1 Å². The lowest BCUT2D eigenvalue weighted by Crippen LogP contribution is -2.32. The molecule has 0 N–H and O–H groups in total. The van der Waals surface area contributed by atoms with E-state index in [0.29, 0.717) is 18.0 Å². The Morgan fingerprint density at radius 3 is 2.76 bits per heavy atom. The van der Waals surface area contributed by atoms with Crippen molar-refractivity contribution in [1.82, 2.24) is 29.3 Å². The number of methoxy groups -OCH3 is 1. The molecule has 1 fully saturated rings. The van der Waals surface area contributed by atoms with Gasteiger partial charge in [-0.2, -0.15) is 5.10 Å². The predicted molar refractivity (Wildman–Crippen MR) is 106 cm³/mol. The topological polar surface area (TPSA) is 77.6 Å². The van der Waals surface area contributed by atoms with Gasteiger partial charge in [0.15, 0.2) is 22.9 Å². The van der Waals surface area contributed by atoms with E-state index in [9.17, 15) is 4.79 Å². The van der Waals surface area contributed by atoms with Crippen molar-refractivity contribution >= 4 is 11.6 Å². The summed E-state index contributed by atoms with van der Waals surface area (Å²) in [6.45, 7) is 0.645. The van der Waals surface area contributed by atoms with Gasteiger partial charge in [-0.1, -0.05) is 24.3 Å². The summed E-state index contributed by atoms with van der Waals surface area (Å²) in [7, 11) is 1.55. The van der Waals surface area contributed by atoms with Gasteiger partial charge in [-0.3, -0.25) is 9.20 Å². The Hall–Kier alpha value is -3.68. The number of amides is 1. The third kappa shape index (κ3) is 2.93. The molecule has 1 atom stereocenters. The lowest BCUT2D eigenvalue weighted by molar-refractivity contribution is 0.0719. The fraction of sp³-hybridized carbons (Fsp3) is 0.238. The lowest BCUT2D eigenvalue weighted by Gasteiger charge is -2.22. The number of fused-ring (bicyclic) bond motifs is 1. The molecular weight excluding hydrogens is 368 g/mol. The molecule has 1 saturated heterocycles. The van der Waals surface area contributed by atoms with E-state index in [1.165, 1.54) is 0 Å². The number of benzene rings is 1. The molecule has 1 aliphatic heterocycles. The smallest absolute Gasteiger partial charge is 0.278 e. The molecule has 0 aliphatic carbocycles. The Kier molecular flexibility index (Phi) is 4.23. The normalized spacial score (nSPS) is 16.4. The van der Waals surface area contributed by atoms with E-state index in [1.807, 2.05) is 64.0 Å². The number of hydrogen-bond donors (Lipinski definition) is 0. The minimum atomic E-state index is -0.160. The molecule has 4 aromatic rings. The van der Waals surface area contributed by atoms with E-state index in [4.69, 9.17) is 4.74 Å². The van der Waals surface area contributed by atoms with Crippen LogP contribution in [0.3, 0.4) is 0 Å². The van der Waals surface area contributed by atoms with Crippen molar-refractivity contribution < 1.29 is 9.53 Å². The van der Waals surface area contributed by atoms with Gasteiger partial charge >= 0.3 is 0 Å². The molecule has 8 heteroatoms. The Morgan fingerprint density at radius 1 is 1.10 bits per heavy atom. The SMILES string of the molecule is COc1cn(-c2ccccc2)nc1C(=O)N1CCC[C@H]1c1nnc2ccccn12. The van der Waals surface area contributed by atoms with Crippen molar-refractivity contribution in [1.29, 1.82) is 0 Å². The van der Waals surface area contributed by atoms with Gasteiger partial charge in [0.1, 0.15) is 0 Å². The van der Waals surface area contributed by atoms with Crippen molar-refractivity contribution in [2.45, 2.75) is 18.9 Å². The summed E-state index contributed by atoms with van der Waals surface area (Å²) in [6.07, 6.45) is 5.40. The molecule has 1 aromatic carbocycles. The van der Waals surface area contributed by atoms with Gasteiger partial charge in [0, 0.05) is 12.7 Å². The van der Waals surface area contributed by atoms with Gasteiger partial charge in [-0.25, -0.2) is 4.68 Å². The second-order valence-corrected chi connectivity index (χ2v) is 6.97. The van der Waals surface area contributed by atoms with Crippen LogP contribution >= 0.6 is 0 Å². The number of hydrogen-bond acceptors (Lipinski definition) is 5. The summed E-state index contributed by atoms with van der Waals surface area (Å²) in [6, 6.07) is 15.3. The van der Waals surface area contributed by atoms with Crippen LogP contribution in [0.15, 0.2) is 60.9 Å². The standard InChI is InChI=1S/C21H20N6O2/c1-29-17-14-27(15-8-3-2-4-9-15)24-19(17)21(28)25-13-7-10-16(25)20-23-22-18-11-5-6-12-26(18)20/h2-6,8-9,11-12,14,16H,7,10,13H2,1H3/t16-/m0/s1. The first kappa shape index (κ1) is 17.4. The maximum absolute atomic E-state index is 13.4. The van der Waals surface area contributed by atoms with Crippen LogP contribution in [0.4, 0.5) is 0 Å². The van der Waals surface area contributed by atoms with Crippen LogP contribution in [0.2, 0.25) is 0 Å². The molecule has 29 heavy (non-hydrogen) atoms. The minimum absolute atomic E-state index is 0.147. The Morgan fingerprint density at radius 2 is 1.93 bits per heavy atom. The zero-order valence-corrected chi connectivity index (χ0v) is 16.0. The summed E-state index contributed by atoms with van der Waals surface area (Å²) in [5, 5.41) is 13.1. The first-order valence-electron chi connectivity index (χ1n) is 9.56. The van der Waals surface area contributed by atoms with Crippen molar-refractivity contribution in [2.75, 3.05) is 13.7 Å². The molecule has 146 valence electrons. The Balaban J connectivity index is 1.51. The van der Waals surface area contributed by atoms with E-state index in [2.05, 4.69) is 15.3 Å². The van der Waals surface area contributed by atoms with E-state index < -0.39 is 0 Å².